The molecule has 230 valence electrons. The van der Waals surface area contributed by atoms with Crippen molar-refractivity contribution in [1.82, 2.24) is 10.2 Å². The molecule has 0 unspecified atom stereocenters. The first-order valence-corrected chi connectivity index (χ1v) is 16.2. The molecule has 8 nitrogen and oxygen atoms in total. The van der Waals surface area contributed by atoms with E-state index in [1.54, 1.807) is 73.7 Å². The van der Waals surface area contributed by atoms with Crippen molar-refractivity contribution in [3.8, 4) is 11.5 Å². The van der Waals surface area contributed by atoms with E-state index in [-0.39, 0.29) is 23.0 Å². The smallest absolute Gasteiger partial charge is 0.264 e. The lowest BCUT2D eigenvalue weighted by molar-refractivity contribution is -0.139. The summed E-state index contributed by atoms with van der Waals surface area (Å²) >= 11 is 6.07. The summed E-state index contributed by atoms with van der Waals surface area (Å²) in [5, 5.41) is 3.42. The summed E-state index contributed by atoms with van der Waals surface area (Å²) in [6.45, 7) is 3.70. The summed E-state index contributed by atoms with van der Waals surface area (Å²) in [6, 6.07) is 29.7. The molecule has 0 aliphatic rings. The molecule has 0 bridgehead atoms. The van der Waals surface area contributed by atoms with Crippen LogP contribution in [0.5, 0.6) is 11.5 Å². The number of sulfonamides is 1. The summed E-state index contributed by atoms with van der Waals surface area (Å²) in [7, 11) is -4.17. The Morgan fingerprint density at radius 2 is 1.43 bits per heavy atom. The summed E-state index contributed by atoms with van der Waals surface area (Å²) in [6.07, 6.45) is 1.71. The molecule has 2 amide bonds. The van der Waals surface area contributed by atoms with Crippen LogP contribution >= 0.6 is 11.6 Å². The van der Waals surface area contributed by atoms with Gasteiger partial charge in [0, 0.05) is 18.1 Å². The highest BCUT2D eigenvalue weighted by Crippen LogP contribution is 2.28. The fourth-order valence-corrected chi connectivity index (χ4v) is 6.02. The maximum absolute atomic E-state index is 14.0. The Balaban J connectivity index is 1.66. The lowest BCUT2D eigenvalue weighted by atomic mass is 10.1. The number of halogens is 1. The van der Waals surface area contributed by atoms with Gasteiger partial charge in [0.25, 0.3) is 10.0 Å². The molecule has 0 radical (unpaired) electrons. The molecule has 4 aromatic rings. The van der Waals surface area contributed by atoms with Crippen molar-refractivity contribution in [2.75, 3.05) is 17.4 Å². The molecule has 0 saturated carbocycles. The van der Waals surface area contributed by atoms with Crippen LogP contribution in [0, 0.1) is 0 Å². The van der Waals surface area contributed by atoms with E-state index in [9.17, 15) is 18.0 Å². The number of unbranched alkanes of at least 4 members (excludes halogenated alkanes) is 1. The number of carbonyl (C=O) groups excluding carboxylic acids is 2. The zero-order valence-electron chi connectivity index (χ0n) is 24.7. The molecule has 0 aromatic heterocycles. The van der Waals surface area contributed by atoms with E-state index in [1.807, 2.05) is 37.3 Å². The molecule has 4 aromatic carbocycles. The molecule has 1 atom stereocenters. The SMILES string of the molecule is CCCCNC(=O)[C@@H](C)N(Cc1ccc(Cl)cc1)C(=O)CN(c1ccc(Oc2ccccc2)cc1)S(=O)(=O)c1ccccc1. The zero-order valence-corrected chi connectivity index (χ0v) is 26.3. The zero-order chi connectivity index (χ0) is 31.5. The van der Waals surface area contributed by atoms with Crippen molar-refractivity contribution >= 4 is 39.1 Å². The maximum atomic E-state index is 14.0. The third-order valence-corrected chi connectivity index (χ3v) is 9.02. The quantitative estimate of drug-likeness (QED) is 0.157. The van der Waals surface area contributed by atoms with Crippen LogP contribution in [0.3, 0.4) is 0 Å². The average molecular weight is 634 g/mol. The molecule has 0 aliphatic heterocycles. The largest absolute Gasteiger partial charge is 0.457 e. The molecule has 44 heavy (non-hydrogen) atoms. The van der Waals surface area contributed by atoms with Gasteiger partial charge in [-0.25, -0.2) is 8.42 Å². The Kier molecular flexibility index (Phi) is 11.4. The second-order valence-corrected chi connectivity index (χ2v) is 12.5. The number of rotatable bonds is 14. The Morgan fingerprint density at radius 3 is 2.05 bits per heavy atom. The molecule has 10 heteroatoms. The number of nitrogens with zero attached hydrogens (tertiary/aromatic N) is 2. The minimum atomic E-state index is -4.17. The molecule has 0 fully saturated rings. The molecule has 0 heterocycles. The van der Waals surface area contributed by atoms with Gasteiger partial charge in [-0.05, 0) is 79.6 Å². The molecule has 4 rings (SSSR count). The van der Waals surface area contributed by atoms with Crippen LogP contribution in [-0.2, 0) is 26.2 Å². The van der Waals surface area contributed by atoms with Crippen LogP contribution in [0.4, 0.5) is 5.69 Å². The van der Waals surface area contributed by atoms with E-state index in [2.05, 4.69) is 5.32 Å². The molecular weight excluding hydrogens is 598 g/mol. The number of benzene rings is 4. The second kappa shape index (κ2) is 15.4. The summed E-state index contributed by atoms with van der Waals surface area (Å²) < 4.78 is 34.9. The Morgan fingerprint density at radius 1 is 0.841 bits per heavy atom. The van der Waals surface area contributed by atoms with E-state index in [0.717, 1.165) is 22.7 Å². The third-order valence-electron chi connectivity index (χ3n) is 6.98. The Hall–Kier alpha value is -4.34. The maximum Gasteiger partial charge on any atom is 0.264 e. The highest BCUT2D eigenvalue weighted by Gasteiger charge is 2.32. The van der Waals surface area contributed by atoms with Gasteiger partial charge < -0.3 is 15.0 Å². The number of anilines is 1. The molecular formula is C34H36ClN3O5S. The fraction of sp³-hybridized carbons (Fsp3) is 0.235. The highest BCUT2D eigenvalue weighted by atomic mass is 35.5. The topological polar surface area (TPSA) is 96.0 Å². The van der Waals surface area contributed by atoms with Crippen LogP contribution in [0.2, 0.25) is 5.02 Å². The van der Waals surface area contributed by atoms with Crippen LogP contribution in [0.15, 0.2) is 114 Å². The van der Waals surface area contributed by atoms with Crippen molar-refractivity contribution in [2.45, 2.75) is 44.2 Å². The van der Waals surface area contributed by atoms with Gasteiger partial charge in [0.1, 0.15) is 24.1 Å². The van der Waals surface area contributed by atoms with Crippen LogP contribution in [-0.4, -0.2) is 44.3 Å². The van der Waals surface area contributed by atoms with E-state index in [4.69, 9.17) is 16.3 Å². The van der Waals surface area contributed by atoms with Crippen molar-refractivity contribution in [2.24, 2.45) is 0 Å². The lowest BCUT2D eigenvalue weighted by Crippen LogP contribution is -2.51. The van der Waals surface area contributed by atoms with Crippen LogP contribution < -0.4 is 14.4 Å². The minimum Gasteiger partial charge on any atom is -0.457 e. The number of amides is 2. The standard InChI is InChI=1S/C34H36ClN3O5S/c1-3-4-23-36-34(40)26(2)37(24-27-15-17-28(35)18-16-27)33(39)25-38(44(41,42)32-13-9-6-10-14-32)29-19-21-31(22-20-29)43-30-11-7-5-8-12-30/h5-22,26H,3-4,23-25H2,1-2H3,(H,36,40)/t26-/m1/s1. The highest BCUT2D eigenvalue weighted by molar-refractivity contribution is 7.92. The number of nitrogens with one attached hydrogen (secondary N) is 1. The number of para-hydroxylation sites is 1. The Bertz CT molecular complexity index is 1620. The van der Waals surface area contributed by atoms with Gasteiger partial charge in [0.2, 0.25) is 11.8 Å². The van der Waals surface area contributed by atoms with Gasteiger partial charge in [0.05, 0.1) is 10.6 Å². The van der Waals surface area contributed by atoms with E-state index in [1.165, 1.54) is 17.0 Å². The number of hydrogen-bond donors (Lipinski definition) is 1. The second-order valence-electron chi connectivity index (χ2n) is 10.2. The first-order valence-electron chi connectivity index (χ1n) is 14.4. The van der Waals surface area contributed by atoms with Crippen molar-refractivity contribution in [1.29, 1.82) is 0 Å². The van der Waals surface area contributed by atoms with Gasteiger partial charge in [0.15, 0.2) is 0 Å². The summed E-state index contributed by atoms with van der Waals surface area (Å²) in [4.78, 5) is 28.6. The van der Waals surface area contributed by atoms with E-state index >= 15 is 0 Å². The first kappa shape index (κ1) is 32.6. The van der Waals surface area contributed by atoms with Gasteiger partial charge in [-0.15, -0.1) is 0 Å². The Labute approximate surface area is 264 Å². The molecule has 0 spiro atoms. The van der Waals surface area contributed by atoms with Crippen LogP contribution in [0.1, 0.15) is 32.3 Å². The monoisotopic (exact) mass is 633 g/mol. The average Bonchev–Trinajstić information content (AvgIpc) is 3.04. The third kappa shape index (κ3) is 8.61. The van der Waals surface area contributed by atoms with E-state index in [0.29, 0.717) is 23.1 Å². The predicted octanol–water partition coefficient (Wildman–Crippen LogP) is 6.66. The van der Waals surface area contributed by atoms with Gasteiger partial charge >= 0.3 is 0 Å². The number of ether oxygens (including phenoxy) is 1. The predicted molar refractivity (Wildman–Crippen MR) is 173 cm³/mol. The number of carbonyl (C=O) groups is 2. The normalized spacial score (nSPS) is 11.8. The van der Waals surface area contributed by atoms with Crippen molar-refractivity contribution < 1.29 is 22.7 Å². The number of hydrogen-bond acceptors (Lipinski definition) is 5. The fourth-order valence-electron chi connectivity index (χ4n) is 4.46. The summed E-state index contributed by atoms with van der Waals surface area (Å²) in [5.41, 5.74) is 1.02. The molecule has 0 saturated heterocycles. The molecule has 0 aliphatic carbocycles. The van der Waals surface area contributed by atoms with Crippen molar-refractivity contribution in [3.05, 3.63) is 120 Å². The van der Waals surface area contributed by atoms with Crippen molar-refractivity contribution in [3.63, 3.8) is 0 Å². The van der Waals surface area contributed by atoms with Crippen LogP contribution in [0.25, 0.3) is 0 Å². The van der Waals surface area contributed by atoms with E-state index < -0.39 is 28.5 Å². The van der Waals surface area contributed by atoms with Gasteiger partial charge in [-0.2, -0.15) is 0 Å². The first-order chi connectivity index (χ1) is 21.2. The minimum absolute atomic E-state index is 0.0343. The lowest BCUT2D eigenvalue weighted by Gasteiger charge is -2.32. The summed E-state index contributed by atoms with van der Waals surface area (Å²) in [5.74, 6) is 0.279. The van der Waals surface area contributed by atoms with Gasteiger partial charge in [-0.3, -0.25) is 13.9 Å². The molecule has 1 N–H and O–H groups in total. The van der Waals surface area contributed by atoms with Gasteiger partial charge in [-0.1, -0.05) is 73.5 Å².